The molecule has 0 N–H and O–H groups in total. The molecule has 17 heavy (non-hydrogen) atoms. The van der Waals surface area contributed by atoms with Gasteiger partial charge >= 0.3 is 0 Å². The van der Waals surface area contributed by atoms with Gasteiger partial charge in [-0.05, 0) is 6.92 Å². The first-order valence-corrected chi connectivity index (χ1v) is 4.84. The van der Waals surface area contributed by atoms with E-state index in [0.717, 1.165) is 0 Å². The summed E-state index contributed by atoms with van der Waals surface area (Å²) < 4.78 is 7.04. The summed E-state index contributed by atoms with van der Waals surface area (Å²) in [6.45, 7) is 1.70. The van der Waals surface area contributed by atoms with Gasteiger partial charge in [-0.1, -0.05) is 0 Å². The molecular weight excluding hydrogens is 224 g/mol. The lowest BCUT2D eigenvalue weighted by atomic mass is 10.3. The minimum Gasteiger partial charge on any atom is -0.435 e. The fourth-order valence-corrected chi connectivity index (χ4v) is 1.32. The molecule has 0 aliphatic rings. The Morgan fingerprint density at radius 2 is 2.24 bits per heavy atom. The van der Waals surface area contributed by atoms with Crippen LogP contribution in [0.2, 0.25) is 0 Å². The van der Waals surface area contributed by atoms with Gasteiger partial charge in [-0.15, -0.1) is 0 Å². The highest BCUT2D eigenvalue weighted by Crippen LogP contribution is 2.24. The summed E-state index contributed by atoms with van der Waals surface area (Å²) in [6, 6.07) is 1.42. The van der Waals surface area contributed by atoms with Crippen LogP contribution in [-0.2, 0) is 7.05 Å². The summed E-state index contributed by atoms with van der Waals surface area (Å²) in [4.78, 5) is 13.9. The fourth-order valence-electron chi connectivity index (χ4n) is 1.32. The highest BCUT2D eigenvalue weighted by Gasteiger charge is 2.11. The number of rotatable bonds is 3. The van der Waals surface area contributed by atoms with Crippen molar-refractivity contribution in [3.63, 3.8) is 0 Å². The van der Waals surface area contributed by atoms with Gasteiger partial charge in [-0.3, -0.25) is 14.8 Å². The average molecular weight is 234 g/mol. The van der Waals surface area contributed by atoms with Crippen LogP contribution >= 0.6 is 0 Å². The van der Waals surface area contributed by atoms with Crippen molar-refractivity contribution in [3.05, 3.63) is 40.3 Å². The van der Waals surface area contributed by atoms with Crippen LogP contribution in [0.3, 0.4) is 0 Å². The molecule has 0 fully saturated rings. The van der Waals surface area contributed by atoms with Crippen LogP contribution in [0.25, 0.3) is 0 Å². The second-order valence-electron chi connectivity index (χ2n) is 3.52. The Balaban J connectivity index is 2.25. The lowest BCUT2D eigenvalue weighted by molar-refractivity contribution is -0.385. The first kappa shape index (κ1) is 11.1. The SMILES string of the molecule is Cc1cc([N+](=O)[O-])cnc1Oc1cnn(C)c1. The molecule has 0 aliphatic heterocycles. The molecule has 0 aliphatic carbocycles. The molecule has 0 saturated carbocycles. The maximum absolute atomic E-state index is 10.5. The molecule has 2 aromatic heterocycles. The third kappa shape index (κ3) is 2.39. The van der Waals surface area contributed by atoms with E-state index in [-0.39, 0.29) is 5.69 Å². The van der Waals surface area contributed by atoms with E-state index in [1.165, 1.54) is 12.3 Å². The van der Waals surface area contributed by atoms with Gasteiger partial charge in [0.05, 0.1) is 17.3 Å². The van der Waals surface area contributed by atoms with Crippen molar-refractivity contribution >= 4 is 5.69 Å². The third-order valence-electron chi connectivity index (χ3n) is 2.12. The van der Waals surface area contributed by atoms with Gasteiger partial charge in [0, 0.05) is 18.7 Å². The molecule has 7 nitrogen and oxygen atoms in total. The van der Waals surface area contributed by atoms with Gasteiger partial charge in [0.1, 0.15) is 6.20 Å². The highest BCUT2D eigenvalue weighted by atomic mass is 16.6. The van der Waals surface area contributed by atoms with Crippen molar-refractivity contribution in [2.75, 3.05) is 0 Å². The van der Waals surface area contributed by atoms with Crippen molar-refractivity contribution in [1.29, 1.82) is 0 Å². The van der Waals surface area contributed by atoms with Crippen molar-refractivity contribution < 1.29 is 9.66 Å². The number of nitro groups is 1. The van der Waals surface area contributed by atoms with Crippen molar-refractivity contribution in [2.24, 2.45) is 7.05 Å². The van der Waals surface area contributed by atoms with Gasteiger partial charge in [-0.25, -0.2) is 4.98 Å². The zero-order valence-electron chi connectivity index (χ0n) is 9.32. The maximum Gasteiger partial charge on any atom is 0.288 e. The Labute approximate surface area is 96.8 Å². The first-order valence-electron chi connectivity index (χ1n) is 4.84. The number of aromatic nitrogens is 3. The molecule has 0 spiro atoms. The zero-order chi connectivity index (χ0) is 12.4. The molecule has 0 unspecified atom stereocenters. The minimum atomic E-state index is -0.492. The van der Waals surface area contributed by atoms with Crippen molar-refractivity contribution in [3.8, 4) is 11.6 Å². The van der Waals surface area contributed by atoms with Gasteiger partial charge in [-0.2, -0.15) is 5.10 Å². The smallest absolute Gasteiger partial charge is 0.288 e. The molecular formula is C10H10N4O3. The van der Waals surface area contributed by atoms with Crippen LogP contribution in [0.5, 0.6) is 11.6 Å². The number of hydrogen-bond donors (Lipinski definition) is 0. The Bertz CT molecular complexity index is 564. The molecule has 0 aromatic carbocycles. The van der Waals surface area contributed by atoms with E-state index in [4.69, 9.17) is 4.74 Å². The normalized spacial score (nSPS) is 10.2. The maximum atomic E-state index is 10.5. The number of ether oxygens (including phenoxy) is 1. The number of nitrogens with zero attached hydrogens (tertiary/aromatic N) is 4. The lowest BCUT2D eigenvalue weighted by Gasteiger charge is -2.04. The summed E-state index contributed by atoms with van der Waals surface area (Å²) in [5, 5.41) is 14.5. The largest absolute Gasteiger partial charge is 0.435 e. The second-order valence-corrected chi connectivity index (χ2v) is 3.52. The van der Waals surface area contributed by atoms with E-state index in [1.54, 1.807) is 31.0 Å². The van der Waals surface area contributed by atoms with E-state index in [1.807, 2.05) is 0 Å². The molecule has 0 radical (unpaired) electrons. The van der Waals surface area contributed by atoms with Crippen molar-refractivity contribution in [2.45, 2.75) is 6.92 Å². The summed E-state index contributed by atoms with van der Waals surface area (Å²) in [5.74, 6) is 0.876. The molecule has 0 atom stereocenters. The summed E-state index contributed by atoms with van der Waals surface area (Å²) in [7, 11) is 1.77. The summed E-state index contributed by atoms with van der Waals surface area (Å²) in [5.41, 5.74) is 0.545. The molecule has 2 aromatic rings. The van der Waals surface area contributed by atoms with Crippen LogP contribution in [-0.4, -0.2) is 19.7 Å². The molecule has 7 heteroatoms. The number of hydrogen-bond acceptors (Lipinski definition) is 5. The summed E-state index contributed by atoms with van der Waals surface area (Å²) >= 11 is 0. The predicted octanol–water partition coefficient (Wildman–Crippen LogP) is 1.82. The van der Waals surface area contributed by atoms with Crippen LogP contribution in [0.15, 0.2) is 24.7 Å². The average Bonchev–Trinajstić information content (AvgIpc) is 2.67. The fraction of sp³-hybridized carbons (Fsp3) is 0.200. The molecule has 0 amide bonds. The first-order chi connectivity index (χ1) is 8.06. The van der Waals surface area contributed by atoms with E-state index < -0.39 is 4.92 Å². The topological polar surface area (TPSA) is 83.1 Å². The predicted molar refractivity (Wildman–Crippen MR) is 58.9 cm³/mol. The molecule has 2 rings (SSSR count). The number of aryl methyl sites for hydroxylation is 2. The van der Waals surface area contributed by atoms with Crippen LogP contribution in [0.4, 0.5) is 5.69 Å². The minimum absolute atomic E-state index is 0.0546. The van der Waals surface area contributed by atoms with E-state index in [2.05, 4.69) is 10.1 Å². The van der Waals surface area contributed by atoms with Gasteiger partial charge in [0.25, 0.3) is 5.69 Å². The quantitative estimate of drug-likeness (QED) is 0.597. The van der Waals surface area contributed by atoms with E-state index in [0.29, 0.717) is 17.2 Å². The van der Waals surface area contributed by atoms with Gasteiger partial charge in [0.2, 0.25) is 5.88 Å². The van der Waals surface area contributed by atoms with Gasteiger partial charge < -0.3 is 4.74 Å². The van der Waals surface area contributed by atoms with E-state index in [9.17, 15) is 10.1 Å². The Kier molecular flexibility index (Phi) is 2.73. The Morgan fingerprint density at radius 3 is 2.76 bits per heavy atom. The van der Waals surface area contributed by atoms with Crippen molar-refractivity contribution in [1.82, 2.24) is 14.8 Å². The highest BCUT2D eigenvalue weighted by molar-refractivity contribution is 5.38. The van der Waals surface area contributed by atoms with Crippen LogP contribution in [0, 0.1) is 17.0 Å². The second kappa shape index (κ2) is 4.20. The zero-order valence-corrected chi connectivity index (χ0v) is 9.32. The van der Waals surface area contributed by atoms with Crippen LogP contribution in [0.1, 0.15) is 5.56 Å². The molecule has 2 heterocycles. The lowest BCUT2D eigenvalue weighted by Crippen LogP contribution is -1.94. The Morgan fingerprint density at radius 1 is 1.47 bits per heavy atom. The Hall–Kier alpha value is -2.44. The van der Waals surface area contributed by atoms with Gasteiger partial charge in [0.15, 0.2) is 5.75 Å². The number of pyridine rings is 1. The molecule has 88 valence electrons. The van der Waals surface area contributed by atoms with Crippen LogP contribution < -0.4 is 4.74 Å². The summed E-state index contributed by atoms with van der Waals surface area (Å²) in [6.07, 6.45) is 4.39. The molecule has 0 saturated heterocycles. The monoisotopic (exact) mass is 234 g/mol. The molecule has 0 bridgehead atoms. The third-order valence-corrected chi connectivity index (χ3v) is 2.12. The standard InChI is InChI=1S/C10H10N4O3/c1-7-3-8(14(15)16)4-11-10(7)17-9-5-12-13(2)6-9/h3-6H,1-2H3. The van der Waals surface area contributed by atoms with E-state index >= 15 is 0 Å².